The minimum Gasteiger partial charge on any atom is -0.463 e. The maximum absolute atomic E-state index is 6.20. The van der Waals surface area contributed by atoms with Crippen LogP contribution in [0.4, 0.5) is 0 Å². The first-order valence-electron chi connectivity index (χ1n) is 8.20. The lowest BCUT2D eigenvalue weighted by Gasteiger charge is -2.36. The maximum Gasteiger partial charge on any atom is 0.246 e. The fourth-order valence-electron chi connectivity index (χ4n) is 3.47. The Balaban J connectivity index is 1.59. The average Bonchev–Trinajstić information content (AvgIpc) is 3.32. The Kier molecular flexibility index (Phi) is 3.31. The van der Waals surface area contributed by atoms with Crippen LogP contribution >= 0.6 is 11.6 Å². The van der Waals surface area contributed by atoms with E-state index < -0.39 is 0 Å². The first-order chi connectivity index (χ1) is 12.3. The zero-order valence-corrected chi connectivity index (χ0v) is 14.1. The van der Waals surface area contributed by atoms with Crippen LogP contribution in [0.1, 0.15) is 35.6 Å². The highest BCUT2D eigenvalue weighted by atomic mass is 35.5. The van der Waals surface area contributed by atoms with E-state index in [0.717, 1.165) is 39.8 Å². The van der Waals surface area contributed by atoms with Crippen LogP contribution in [0.15, 0.2) is 76.4 Å². The van der Waals surface area contributed by atoms with Gasteiger partial charge in [0.05, 0.1) is 18.0 Å². The molecule has 25 heavy (non-hydrogen) atoms. The van der Waals surface area contributed by atoms with Gasteiger partial charge in [0.25, 0.3) is 0 Å². The molecule has 0 unspecified atom stereocenters. The van der Waals surface area contributed by atoms with Crippen LogP contribution in [-0.2, 0) is 0 Å². The number of benzene rings is 2. The Bertz CT molecular complexity index is 935. The summed E-state index contributed by atoms with van der Waals surface area (Å²) in [6, 6.07) is 19.9. The molecule has 2 aliphatic rings. The molecule has 0 saturated carbocycles. The summed E-state index contributed by atoms with van der Waals surface area (Å²) in [5.74, 6) is 1.64. The first kappa shape index (κ1) is 14.6. The second kappa shape index (κ2) is 5.67. The standard InChI is InChI=1S/C20H15ClN2O2/c21-14-9-7-13(8-10-14)16-12-17-15-4-1-2-5-18(15)25-20(23(17)22-16)19-6-3-11-24-19/h1-11,17,20H,12H2/t17-,20-/m1/s1. The minimum absolute atomic E-state index is 0.130. The Labute approximate surface area is 150 Å². The van der Waals surface area contributed by atoms with Gasteiger partial charge in [-0.1, -0.05) is 41.9 Å². The Morgan fingerprint density at radius 1 is 1.00 bits per heavy atom. The quantitative estimate of drug-likeness (QED) is 0.639. The molecule has 0 amide bonds. The van der Waals surface area contributed by atoms with Gasteiger partial charge in [-0.3, -0.25) is 0 Å². The van der Waals surface area contributed by atoms with Crippen molar-refractivity contribution < 1.29 is 9.15 Å². The molecular weight excluding hydrogens is 336 g/mol. The van der Waals surface area contributed by atoms with E-state index in [1.165, 1.54) is 0 Å². The highest BCUT2D eigenvalue weighted by Gasteiger charge is 2.41. The van der Waals surface area contributed by atoms with Crippen molar-refractivity contribution in [1.29, 1.82) is 0 Å². The summed E-state index contributed by atoms with van der Waals surface area (Å²) in [7, 11) is 0. The van der Waals surface area contributed by atoms with Crippen molar-refractivity contribution in [2.45, 2.75) is 18.7 Å². The number of rotatable bonds is 2. The van der Waals surface area contributed by atoms with E-state index in [4.69, 9.17) is 25.9 Å². The van der Waals surface area contributed by atoms with Gasteiger partial charge in [-0.2, -0.15) is 5.10 Å². The normalized spacial score (nSPS) is 21.3. The molecule has 124 valence electrons. The van der Waals surface area contributed by atoms with Crippen LogP contribution in [0.3, 0.4) is 0 Å². The fraction of sp³-hybridized carbons (Fsp3) is 0.150. The van der Waals surface area contributed by atoms with Gasteiger partial charge in [0.2, 0.25) is 6.23 Å². The van der Waals surface area contributed by atoms with Crippen LogP contribution in [0.2, 0.25) is 5.02 Å². The van der Waals surface area contributed by atoms with Crippen molar-refractivity contribution >= 4 is 17.3 Å². The van der Waals surface area contributed by atoms with E-state index in [1.54, 1.807) is 6.26 Å². The average molecular weight is 351 g/mol. The lowest BCUT2D eigenvalue weighted by molar-refractivity contribution is -0.0325. The molecule has 0 fully saturated rings. The summed E-state index contributed by atoms with van der Waals surface area (Å²) in [6.45, 7) is 0. The predicted molar refractivity (Wildman–Crippen MR) is 95.7 cm³/mol. The molecule has 2 atom stereocenters. The number of para-hydroxylation sites is 1. The molecule has 0 N–H and O–H groups in total. The van der Waals surface area contributed by atoms with Gasteiger partial charge in [-0.15, -0.1) is 0 Å². The summed E-state index contributed by atoms with van der Waals surface area (Å²) in [5, 5.41) is 7.60. The van der Waals surface area contributed by atoms with Crippen molar-refractivity contribution in [2.24, 2.45) is 5.10 Å². The van der Waals surface area contributed by atoms with Crippen LogP contribution in [0.25, 0.3) is 0 Å². The van der Waals surface area contributed by atoms with Gasteiger partial charge >= 0.3 is 0 Å². The third-order valence-electron chi connectivity index (χ3n) is 4.66. The second-order valence-corrected chi connectivity index (χ2v) is 6.61. The van der Waals surface area contributed by atoms with E-state index in [1.807, 2.05) is 59.6 Å². The highest BCUT2D eigenvalue weighted by molar-refractivity contribution is 6.30. The predicted octanol–water partition coefficient (Wildman–Crippen LogP) is 5.18. The zero-order valence-electron chi connectivity index (χ0n) is 13.3. The maximum atomic E-state index is 6.20. The van der Waals surface area contributed by atoms with E-state index >= 15 is 0 Å². The van der Waals surface area contributed by atoms with Crippen molar-refractivity contribution in [3.63, 3.8) is 0 Å². The first-order valence-corrected chi connectivity index (χ1v) is 8.58. The van der Waals surface area contributed by atoms with Crippen LogP contribution < -0.4 is 4.74 Å². The van der Waals surface area contributed by atoms with Crippen molar-refractivity contribution in [3.8, 4) is 5.75 Å². The molecule has 0 bridgehead atoms. The zero-order chi connectivity index (χ0) is 16.8. The molecule has 1 aromatic heterocycles. The number of hydrogen-bond donors (Lipinski definition) is 0. The summed E-state index contributed by atoms with van der Waals surface area (Å²) < 4.78 is 11.8. The molecule has 2 aliphatic heterocycles. The molecule has 3 aromatic rings. The van der Waals surface area contributed by atoms with Crippen LogP contribution in [-0.4, -0.2) is 10.7 Å². The Morgan fingerprint density at radius 3 is 2.64 bits per heavy atom. The minimum atomic E-state index is -0.361. The van der Waals surface area contributed by atoms with E-state index in [-0.39, 0.29) is 12.3 Å². The van der Waals surface area contributed by atoms with Crippen molar-refractivity contribution in [3.05, 3.63) is 88.8 Å². The number of halogens is 1. The number of furan rings is 1. The Morgan fingerprint density at radius 2 is 1.84 bits per heavy atom. The van der Waals surface area contributed by atoms with Crippen LogP contribution in [0, 0.1) is 0 Å². The second-order valence-electron chi connectivity index (χ2n) is 6.18. The Hall–Kier alpha value is -2.72. The monoisotopic (exact) mass is 350 g/mol. The van der Waals surface area contributed by atoms with Gasteiger partial charge in [0, 0.05) is 17.0 Å². The van der Waals surface area contributed by atoms with E-state index in [9.17, 15) is 0 Å². The summed E-state index contributed by atoms with van der Waals surface area (Å²) in [6.07, 6.45) is 2.12. The fourth-order valence-corrected chi connectivity index (χ4v) is 3.60. The number of fused-ring (bicyclic) bond motifs is 3. The van der Waals surface area contributed by atoms with Crippen molar-refractivity contribution in [2.75, 3.05) is 0 Å². The summed E-state index contributed by atoms with van der Waals surface area (Å²) in [4.78, 5) is 0. The van der Waals surface area contributed by atoms with Crippen LogP contribution in [0.5, 0.6) is 5.75 Å². The lowest BCUT2D eigenvalue weighted by Crippen LogP contribution is -2.33. The highest BCUT2D eigenvalue weighted by Crippen LogP contribution is 2.47. The topological polar surface area (TPSA) is 38.0 Å². The number of hydrogen-bond acceptors (Lipinski definition) is 4. The summed E-state index contributed by atoms with van der Waals surface area (Å²) >= 11 is 6.02. The van der Waals surface area contributed by atoms with Crippen molar-refractivity contribution in [1.82, 2.24) is 5.01 Å². The molecule has 5 heteroatoms. The molecule has 4 nitrogen and oxygen atoms in total. The van der Waals surface area contributed by atoms with Gasteiger partial charge in [-0.05, 0) is 35.9 Å². The SMILES string of the molecule is Clc1ccc(C2=NN3[C@H](C2)c2ccccc2O[C@@H]3c2ccco2)cc1. The third kappa shape index (κ3) is 2.41. The molecule has 2 aromatic carbocycles. The van der Waals surface area contributed by atoms with E-state index in [0.29, 0.717) is 0 Å². The largest absolute Gasteiger partial charge is 0.463 e. The summed E-state index contributed by atoms with van der Waals surface area (Å²) in [5.41, 5.74) is 3.26. The number of nitrogens with zero attached hydrogens (tertiary/aromatic N) is 2. The smallest absolute Gasteiger partial charge is 0.246 e. The van der Waals surface area contributed by atoms with E-state index in [2.05, 4.69) is 6.07 Å². The molecule has 5 rings (SSSR count). The molecule has 0 spiro atoms. The third-order valence-corrected chi connectivity index (χ3v) is 4.92. The number of hydrazone groups is 1. The molecule has 0 aliphatic carbocycles. The van der Waals surface area contributed by atoms with Gasteiger partial charge in [0.15, 0.2) is 5.76 Å². The van der Waals surface area contributed by atoms with Gasteiger partial charge in [0.1, 0.15) is 5.75 Å². The van der Waals surface area contributed by atoms with Gasteiger partial charge < -0.3 is 9.15 Å². The lowest BCUT2D eigenvalue weighted by atomic mass is 9.96. The van der Waals surface area contributed by atoms with Gasteiger partial charge in [-0.25, -0.2) is 5.01 Å². The molecular formula is C20H15ClN2O2. The molecule has 3 heterocycles. The molecule has 0 radical (unpaired) electrons. The molecule has 0 saturated heterocycles. The number of ether oxygens (including phenoxy) is 1.